The van der Waals surface area contributed by atoms with Gasteiger partial charge in [0, 0.05) is 12.2 Å². The monoisotopic (exact) mass is 413 g/mol. The normalized spacial score (nSPS) is 11.8. The van der Waals surface area contributed by atoms with Crippen molar-refractivity contribution in [3.63, 3.8) is 0 Å². The molecular weight excluding hydrogens is 378 g/mol. The van der Waals surface area contributed by atoms with Gasteiger partial charge in [0.1, 0.15) is 11.5 Å². The zero-order valence-corrected chi connectivity index (χ0v) is 18.1. The number of phenolic OH excluding ortho intramolecular Hbond substituents is 1. The van der Waals surface area contributed by atoms with Crippen molar-refractivity contribution >= 4 is 11.7 Å². The first-order valence-electron chi connectivity index (χ1n) is 10.9. The number of carbonyl (C=O) groups is 1. The van der Waals surface area contributed by atoms with Gasteiger partial charge in [-0.2, -0.15) is 0 Å². The van der Waals surface area contributed by atoms with Gasteiger partial charge in [0.05, 0.1) is 12.8 Å². The van der Waals surface area contributed by atoms with Gasteiger partial charge in [-0.05, 0) is 61.2 Å². The lowest BCUT2D eigenvalue weighted by Gasteiger charge is -2.31. The second-order valence-corrected chi connectivity index (χ2v) is 7.43. The minimum absolute atomic E-state index is 0.156. The summed E-state index contributed by atoms with van der Waals surface area (Å²) in [5.41, 5.74) is 7.57. The Morgan fingerprint density at radius 1 is 1.07 bits per heavy atom. The Balaban J connectivity index is 1.98. The summed E-state index contributed by atoms with van der Waals surface area (Å²) in [6, 6.07) is 14.2. The fraction of sp³-hybridized carbons (Fsp3) is 0.458. The Morgan fingerprint density at radius 3 is 2.33 bits per heavy atom. The third-order valence-electron chi connectivity index (χ3n) is 4.99. The van der Waals surface area contributed by atoms with Crippen LogP contribution in [-0.4, -0.2) is 30.5 Å². The van der Waals surface area contributed by atoms with E-state index in [0.29, 0.717) is 12.2 Å². The molecule has 0 aliphatic heterocycles. The number of carbonyl (C=O) groups excluding carboxylic acids is 1. The Labute approximate surface area is 180 Å². The highest BCUT2D eigenvalue weighted by molar-refractivity contribution is 5.91. The molecular formula is C24H35N3O3. The van der Waals surface area contributed by atoms with Crippen LogP contribution in [0.4, 0.5) is 10.5 Å². The number of rotatable bonds is 13. The summed E-state index contributed by atoms with van der Waals surface area (Å²) in [6.45, 7) is 5.73. The van der Waals surface area contributed by atoms with Crippen molar-refractivity contribution in [3.05, 3.63) is 54.1 Å². The number of nitrogens with zero attached hydrogens (tertiary/aromatic N) is 1. The maximum atomic E-state index is 12.2. The van der Waals surface area contributed by atoms with Gasteiger partial charge in [-0.1, -0.05) is 45.2 Å². The maximum absolute atomic E-state index is 12.2. The van der Waals surface area contributed by atoms with Crippen LogP contribution in [0, 0.1) is 0 Å². The number of phenols is 1. The molecule has 164 valence electrons. The number of hydrogen-bond donors (Lipinski definition) is 3. The summed E-state index contributed by atoms with van der Waals surface area (Å²) in [6.07, 6.45) is 5.61. The first-order chi connectivity index (χ1) is 14.5. The molecule has 0 aliphatic rings. The Morgan fingerprint density at radius 2 is 1.73 bits per heavy atom. The number of nitrogens with one attached hydrogen (secondary N) is 1. The summed E-state index contributed by atoms with van der Waals surface area (Å²) >= 11 is 0. The molecule has 0 spiro atoms. The van der Waals surface area contributed by atoms with Crippen LogP contribution < -0.4 is 20.7 Å². The summed E-state index contributed by atoms with van der Waals surface area (Å²) in [5, 5.41) is 13.0. The van der Waals surface area contributed by atoms with Crippen LogP contribution in [0.5, 0.6) is 11.5 Å². The molecule has 6 nitrogen and oxygen atoms in total. The van der Waals surface area contributed by atoms with Gasteiger partial charge >= 0.3 is 6.03 Å². The van der Waals surface area contributed by atoms with E-state index in [9.17, 15) is 9.90 Å². The highest BCUT2D eigenvalue weighted by Gasteiger charge is 2.22. The van der Waals surface area contributed by atoms with E-state index >= 15 is 0 Å². The van der Waals surface area contributed by atoms with Crippen LogP contribution in [0.25, 0.3) is 0 Å². The van der Waals surface area contributed by atoms with Gasteiger partial charge in [0.25, 0.3) is 0 Å². The number of primary amides is 1. The van der Waals surface area contributed by atoms with Crippen molar-refractivity contribution in [2.24, 2.45) is 5.73 Å². The third kappa shape index (κ3) is 7.59. The molecule has 0 heterocycles. The number of amides is 2. The number of aromatic hydroxyl groups is 1. The molecule has 0 saturated heterocycles. The van der Waals surface area contributed by atoms with Gasteiger partial charge in [0.2, 0.25) is 0 Å². The lowest BCUT2D eigenvalue weighted by atomic mass is 10.1. The fourth-order valence-electron chi connectivity index (χ4n) is 3.26. The minimum atomic E-state index is -0.511. The lowest BCUT2D eigenvalue weighted by Crippen LogP contribution is -2.51. The molecule has 2 aromatic rings. The van der Waals surface area contributed by atoms with Crippen molar-refractivity contribution in [1.29, 1.82) is 0 Å². The molecule has 1 unspecified atom stereocenters. The summed E-state index contributed by atoms with van der Waals surface area (Å²) in [5.74, 6) is 1.05. The van der Waals surface area contributed by atoms with Crippen molar-refractivity contribution in [2.45, 2.75) is 58.5 Å². The number of anilines is 1. The molecule has 6 heteroatoms. The standard InChI is InChI=1S/C24H35N3O3/c1-3-5-7-23(27(24(25)29)20-10-12-21(28)13-11-20)26-17-16-19-8-14-22(15-9-19)30-18-6-4-2/h8-15,23,26,28H,3-7,16-18H2,1-2H3,(H2,25,29). The first kappa shape index (κ1) is 23.5. The predicted octanol–water partition coefficient (Wildman–Crippen LogP) is 4.80. The zero-order chi connectivity index (χ0) is 21.8. The van der Waals surface area contributed by atoms with Crippen LogP contribution in [0.1, 0.15) is 51.5 Å². The van der Waals surface area contributed by atoms with E-state index in [4.69, 9.17) is 10.5 Å². The van der Waals surface area contributed by atoms with Crippen molar-refractivity contribution in [3.8, 4) is 11.5 Å². The van der Waals surface area contributed by atoms with Crippen molar-refractivity contribution < 1.29 is 14.6 Å². The maximum Gasteiger partial charge on any atom is 0.320 e. The van der Waals surface area contributed by atoms with Crippen LogP contribution in [0.15, 0.2) is 48.5 Å². The van der Waals surface area contributed by atoms with Crippen LogP contribution in [-0.2, 0) is 6.42 Å². The Bertz CT molecular complexity index is 747. The summed E-state index contributed by atoms with van der Waals surface area (Å²) in [7, 11) is 0. The molecule has 0 aromatic heterocycles. The lowest BCUT2D eigenvalue weighted by molar-refractivity contribution is 0.249. The average Bonchev–Trinajstić information content (AvgIpc) is 2.74. The van der Waals surface area contributed by atoms with Crippen molar-refractivity contribution in [2.75, 3.05) is 18.1 Å². The van der Waals surface area contributed by atoms with Crippen LogP contribution >= 0.6 is 0 Å². The first-order valence-corrected chi connectivity index (χ1v) is 10.9. The molecule has 0 saturated carbocycles. The van der Waals surface area contributed by atoms with E-state index in [0.717, 1.165) is 50.9 Å². The van der Waals surface area contributed by atoms with E-state index < -0.39 is 6.03 Å². The predicted molar refractivity (Wildman–Crippen MR) is 122 cm³/mol. The Hall–Kier alpha value is -2.73. The van der Waals surface area contributed by atoms with Crippen molar-refractivity contribution in [1.82, 2.24) is 5.32 Å². The second kappa shape index (κ2) is 12.8. The molecule has 1 atom stereocenters. The number of benzene rings is 2. The smallest absolute Gasteiger partial charge is 0.320 e. The van der Waals surface area contributed by atoms with E-state index in [1.807, 2.05) is 12.1 Å². The minimum Gasteiger partial charge on any atom is -0.508 e. The van der Waals surface area contributed by atoms with E-state index in [-0.39, 0.29) is 11.9 Å². The number of ether oxygens (including phenoxy) is 1. The number of unbranched alkanes of at least 4 members (excludes halogenated alkanes) is 2. The highest BCUT2D eigenvalue weighted by Crippen LogP contribution is 2.22. The average molecular weight is 414 g/mol. The van der Waals surface area contributed by atoms with Crippen LogP contribution in [0.3, 0.4) is 0 Å². The molecule has 30 heavy (non-hydrogen) atoms. The zero-order valence-electron chi connectivity index (χ0n) is 18.1. The van der Waals surface area contributed by atoms with Gasteiger partial charge < -0.3 is 15.6 Å². The molecule has 2 aromatic carbocycles. The van der Waals surface area contributed by atoms with Gasteiger partial charge in [0.15, 0.2) is 0 Å². The highest BCUT2D eigenvalue weighted by atomic mass is 16.5. The summed E-state index contributed by atoms with van der Waals surface area (Å²) < 4.78 is 5.71. The summed E-state index contributed by atoms with van der Waals surface area (Å²) in [4.78, 5) is 13.8. The fourth-order valence-corrected chi connectivity index (χ4v) is 3.26. The number of hydrogen-bond acceptors (Lipinski definition) is 4. The largest absolute Gasteiger partial charge is 0.508 e. The second-order valence-electron chi connectivity index (χ2n) is 7.43. The molecule has 2 rings (SSSR count). The molecule has 0 bridgehead atoms. The SMILES string of the molecule is CCCCOc1ccc(CCNC(CCCC)N(C(N)=O)c2ccc(O)cc2)cc1. The third-order valence-corrected chi connectivity index (χ3v) is 4.99. The quantitative estimate of drug-likeness (QED) is 0.325. The number of urea groups is 1. The molecule has 0 aliphatic carbocycles. The van der Waals surface area contributed by atoms with Gasteiger partial charge in [-0.3, -0.25) is 10.2 Å². The molecule has 0 radical (unpaired) electrons. The van der Waals surface area contributed by atoms with Gasteiger partial charge in [-0.25, -0.2) is 4.79 Å². The van der Waals surface area contributed by atoms with Crippen LogP contribution in [0.2, 0.25) is 0 Å². The van der Waals surface area contributed by atoms with Gasteiger partial charge in [-0.15, -0.1) is 0 Å². The van der Waals surface area contributed by atoms with E-state index in [1.165, 1.54) is 5.56 Å². The molecule has 0 fully saturated rings. The number of nitrogens with two attached hydrogens (primary N) is 1. The van der Waals surface area contributed by atoms with E-state index in [1.54, 1.807) is 29.2 Å². The molecule has 4 N–H and O–H groups in total. The Kier molecular flexibility index (Phi) is 10.0. The van der Waals surface area contributed by atoms with E-state index in [2.05, 4.69) is 31.3 Å². The molecule has 2 amide bonds. The topological polar surface area (TPSA) is 87.8 Å².